The van der Waals surface area contributed by atoms with Crippen molar-refractivity contribution in [2.45, 2.75) is 0 Å². The van der Waals surface area contributed by atoms with E-state index in [0.717, 1.165) is 0 Å². The second-order valence-corrected chi connectivity index (χ2v) is 4.23. The summed E-state index contributed by atoms with van der Waals surface area (Å²) in [4.78, 5) is 24.7. The quantitative estimate of drug-likeness (QED) is 0.637. The number of nitrogens with one attached hydrogen (secondary N) is 2. The number of carbonyl (C=O) groups is 2. The second-order valence-electron chi connectivity index (χ2n) is 4.23. The SMILES string of the molecule is Nc1cccc(NC(=O)CN2CCNC(=O)C2)c1. The molecule has 1 aliphatic rings. The second kappa shape index (κ2) is 5.50. The van der Waals surface area contributed by atoms with Crippen molar-refractivity contribution in [3.63, 3.8) is 0 Å². The Labute approximate surface area is 105 Å². The Balaban J connectivity index is 1.86. The minimum absolute atomic E-state index is 0.0435. The van der Waals surface area contributed by atoms with E-state index in [2.05, 4.69) is 10.6 Å². The van der Waals surface area contributed by atoms with Gasteiger partial charge in [-0.25, -0.2) is 0 Å². The summed E-state index contributed by atoms with van der Waals surface area (Å²) in [6.07, 6.45) is 0. The van der Waals surface area contributed by atoms with Crippen molar-refractivity contribution in [3.05, 3.63) is 24.3 Å². The van der Waals surface area contributed by atoms with E-state index in [1.54, 1.807) is 29.2 Å². The van der Waals surface area contributed by atoms with Gasteiger partial charge in [0.15, 0.2) is 0 Å². The van der Waals surface area contributed by atoms with Crippen LogP contribution in [0.2, 0.25) is 0 Å². The van der Waals surface area contributed by atoms with Crippen molar-refractivity contribution in [2.24, 2.45) is 0 Å². The number of nitrogens with two attached hydrogens (primary N) is 1. The van der Waals surface area contributed by atoms with Crippen LogP contribution < -0.4 is 16.4 Å². The highest BCUT2D eigenvalue weighted by molar-refractivity contribution is 5.93. The van der Waals surface area contributed by atoms with Crippen LogP contribution in [0.4, 0.5) is 11.4 Å². The fourth-order valence-corrected chi connectivity index (χ4v) is 1.85. The van der Waals surface area contributed by atoms with Gasteiger partial charge in [0.05, 0.1) is 13.1 Å². The van der Waals surface area contributed by atoms with Crippen molar-refractivity contribution >= 4 is 23.2 Å². The Bertz CT molecular complexity index is 461. The molecule has 1 aromatic carbocycles. The summed E-state index contributed by atoms with van der Waals surface area (Å²) in [6, 6.07) is 7.00. The number of piperazine rings is 1. The number of carbonyl (C=O) groups excluding carboxylic acids is 2. The fourth-order valence-electron chi connectivity index (χ4n) is 1.85. The molecule has 0 unspecified atom stereocenters. The van der Waals surface area contributed by atoms with Gasteiger partial charge in [-0.3, -0.25) is 14.5 Å². The number of anilines is 2. The molecular weight excluding hydrogens is 232 g/mol. The highest BCUT2D eigenvalue weighted by Gasteiger charge is 2.18. The van der Waals surface area contributed by atoms with E-state index in [-0.39, 0.29) is 24.9 Å². The number of rotatable bonds is 3. The first-order chi connectivity index (χ1) is 8.63. The Kier molecular flexibility index (Phi) is 3.78. The number of benzene rings is 1. The average molecular weight is 248 g/mol. The molecule has 0 spiro atoms. The molecule has 6 heteroatoms. The molecule has 1 fully saturated rings. The standard InChI is InChI=1S/C12H16N4O2/c13-9-2-1-3-10(6-9)15-12(18)8-16-5-4-14-11(17)7-16/h1-3,6H,4-5,7-8,13H2,(H,14,17)(H,15,18). The maximum atomic E-state index is 11.8. The summed E-state index contributed by atoms with van der Waals surface area (Å²) in [7, 11) is 0. The van der Waals surface area contributed by atoms with Crippen LogP contribution in [0.1, 0.15) is 0 Å². The van der Waals surface area contributed by atoms with Gasteiger partial charge in [0.1, 0.15) is 0 Å². The van der Waals surface area contributed by atoms with Gasteiger partial charge < -0.3 is 16.4 Å². The normalized spacial score (nSPS) is 16.1. The molecule has 1 aromatic rings. The van der Waals surface area contributed by atoms with Gasteiger partial charge in [-0.05, 0) is 18.2 Å². The van der Waals surface area contributed by atoms with Gasteiger partial charge in [-0.15, -0.1) is 0 Å². The first kappa shape index (κ1) is 12.4. The van der Waals surface area contributed by atoms with Crippen LogP contribution in [0.3, 0.4) is 0 Å². The number of hydrogen-bond acceptors (Lipinski definition) is 4. The van der Waals surface area contributed by atoms with Crippen LogP contribution in [0.15, 0.2) is 24.3 Å². The maximum absolute atomic E-state index is 11.8. The summed E-state index contributed by atoms with van der Waals surface area (Å²) < 4.78 is 0. The minimum atomic E-state index is -0.143. The number of amides is 2. The first-order valence-corrected chi connectivity index (χ1v) is 5.78. The molecule has 1 aliphatic heterocycles. The van der Waals surface area contributed by atoms with Gasteiger partial charge in [-0.2, -0.15) is 0 Å². The molecule has 6 nitrogen and oxygen atoms in total. The molecule has 4 N–H and O–H groups in total. The summed E-state index contributed by atoms with van der Waals surface area (Å²) in [5.41, 5.74) is 6.89. The summed E-state index contributed by atoms with van der Waals surface area (Å²) >= 11 is 0. The molecule has 0 saturated carbocycles. The smallest absolute Gasteiger partial charge is 0.238 e. The summed E-state index contributed by atoms with van der Waals surface area (Å²) in [5.74, 6) is -0.187. The number of nitrogen functional groups attached to an aromatic ring is 1. The van der Waals surface area contributed by atoms with Gasteiger partial charge in [0.2, 0.25) is 11.8 Å². The van der Waals surface area contributed by atoms with E-state index >= 15 is 0 Å². The maximum Gasteiger partial charge on any atom is 0.238 e. The van der Waals surface area contributed by atoms with Crippen LogP contribution in [0.25, 0.3) is 0 Å². The monoisotopic (exact) mass is 248 g/mol. The van der Waals surface area contributed by atoms with Gasteiger partial charge in [0.25, 0.3) is 0 Å². The largest absolute Gasteiger partial charge is 0.399 e. The van der Waals surface area contributed by atoms with Crippen LogP contribution in [-0.4, -0.2) is 42.9 Å². The topological polar surface area (TPSA) is 87.5 Å². The highest BCUT2D eigenvalue weighted by atomic mass is 16.2. The van der Waals surface area contributed by atoms with Crippen LogP contribution in [0.5, 0.6) is 0 Å². The van der Waals surface area contributed by atoms with E-state index in [1.807, 2.05) is 0 Å². The number of hydrogen-bond donors (Lipinski definition) is 3. The van der Waals surface area contributed by atoms with E-state index in [1.165, 1.54) is 0 Å². The van der Waals surface area contributed by atoms with Crippen molar-refractivity contribution in [3.8, 4) is 0 Å². The molecule has 2 rings (SSSR count). The molecule has 96 valence electrons. The lowest BCUT2D eigenvalue weighted by atomic mass is 10.3. The molecule has 0 bridgehead atoms. The Hall–Kier alpha value is -2.08. The summed E-state index contributed by atoms with van der Waals surface area (Å²) in [5, 5.41) is 5.47. The average Bonchev–Trinajstić information content (AvgIpc) is 2.28. The molecule has 0 atom stereocenters. The Morgan fingerprint density at radius 3 is 3.06 bits per heavy atom. The molecule has 18 heavy (non-hydrogen) atoms. The van der Waals surface area contributed by atoms with Crippen LogP contribution in [-0.2, 0) is 9.59 Å². The lowest BCUT2D eigenvalue weighted by Crippen LogP contribution is -2.49. The molecule has 0 radical (unpaired) electrons. The minimum Gasteiger partial charge on any atom is -0.399 e. The third kappa shape index (κ3) is 3.46. The Morgan fingerprint density at radius 1 is 1.50 bits per heavy atom. The van der Waals surface area contributed by atoms with Gasteiger partial charge >= 0.3 is 0 Å². The summed E-state index contributed by atoms with van der Waals surface area (Å²) in [6.45, 7) is 1.76. The van der Waals surface area contributed by atoms with Crippen molar-refractivity contribution in [1.82, 2.24) is 10.2 Å². The molecule has 0 aliphatic carbocycles. The zero-order valence-electron chi connectivity index (χ0n) is 9.98. The third-order valence-electron chi connectivity index (χ3n) is 2.66. The van der Waals surface area contributed by atoms with E-state index in [9.17, 15) is 9.59 Å². The van der Waals surface area contributed by atoms with Crippen molar-refractivity contribution < 1.29 is 9.59 Å². The zero-order valence-corrected chi connectivity index (χ0v) is 9.98. The molecule has 0 aromatic heterocycles. The van der Waals surface area contributed by atoms with Crippen LogP contribution in [0, 0.1) is 0 Å². The molecule has 2 amide bonds. The first-order valence-electron chi connectivity index (χ1n) is 5.78. The van der Waals surface area contributed by atoms with E-state index in [0.29, 0.717) is 24.5 Å². The van der Waals surface area contributed by atoms with E-state index in [4.69, 9.17) is 5.73 Å². The van der Waals surface area contributed by atoms with Crippen LogP contribution >= 0.6 is 0 Å². The predicted octanol–water partition coefficient (Wildman–Crippen LogP) is -0.361. The van der Waals surface area contributed by atoms with Gasteiger partial charge in [0, 0.05) is 24.5 Å². The molecule has 1 saturated heterocycles. The third-order valence-corrected chi connectivity index (χ3v) is 2.66. The van der Waals surface area contributed by atoms with Crippen molar-refractivity contribution in [2.75, 3.05) is 37.2 Å². The molecular formula is C12H16N4O2. The fraction of sp³-hybridized carbons (Fsp3) is 0.333. The predicted molar refractivity (Wildman–Crippen MR) is 68.9 cm³/mol. The van der Waals surface area contributed by atoms with Crippen molar-refractivity contribution in [1.29, 1.82) is 0 Å². The zero-order chi connectivity index (χ0) is 13.0. The highest BCUT2D eigenvalue weighted by Crippen LogP contribution is 2.11. The lowest BCUT2D eigenvalue weighted by molar-refractivity contribution is -0.125. The molecule has 1 heterocycles. The lowest BCUT2D eigenvalue weighted by Gasteiger charge is -2.25. The van der Waals surface area contributed by atoms with Gasteiger partial charge in [-0.1, -0.05) is 6.07 Å². The Morgan fingerprint density at radius 2 is 2.33 bits per heavy atom. The van der Waals surface area contributed by atoms with E-state index < -0.39 is 0 Å². The number of nitrogens with zero attached hydrogens (tertiary/aromatic N) is 1.